The van der Waals surface area contributed by atoms with Crippen molar-refractivity contribution in [2.24, 2.45) is 5.92 Å². The summed E-state index contributed by atoms with van der Waals surface area (Å²) < 4.78 is 1.78. The number of hydrogen-bond acceptors (Lipinski definition) is 4. The first-order valence-electron chi connectivity index (χ1n) is 7.32. The molecular weight excluding hydrogens is 250 g/mol. The van der Waals surface area contributed by atoms with Gasteiger partial charge in [0.1, 0.15) is 12.7 Å². The molecule has 0 spiro atoms. The van der Waals surface area contributed by atoms with Crippen molar-refractivity contribution >= 4 is 5.69 Å². The average molecular weight is 269 g/mol. The molecule has 0 aliphatic carbocycles. The zero-order chi connectivity index (χ0) is 13.4. The molecule has 2 aliphatic heterocycles. The number of fused-ring (bicyclic) bond motifs is 2. The summed E-state index contributed by atoms with van der Waals surface area (Å²) in [4.78, 5) is 6.55. The average Bonchev–Trinajstić information content (AvgIpc) is 3.14. The Balaban J connectivity index is 1.46. The normalized spacial score (nSPS) is 28.5. The van der Waals surface area contributed by atoms with Gasteiger partial charge in [-0.05, 0) is 49.6 Å². The number of aromatic nitrogens is 3. The van der Waals surface area contributed by atoms with E-state index < -0.39 is 0 Å². The molecule has 3 heterocycles. The van der Waals surface area contributed by atoms with E-state index in [0.717, 1.165) is 11.6 Å². The summed E-state index contributed by atoms with van der Waals surface area (Å²) >= 11 is 0. The van der Waals surface area contributed by atoms with Gasteiger partial charge in [-0.2, -0.15) is 5.10 Å². The summed E-state index contributed by atoms with van der Waals surface area (Å²) in [6, 6.07) is 9.07. The molecule has 0 amide bonds. The SMILES string of the molecule is c1ncn(-c2ccc(NC3CCN4CCC3C4)cc2)n1. The molecule has 2 bridgehead atoms. The summed E-state index contributed by atoms with van der Waals surface area (Å²) in [5.41, 5.74) is 2.25. The van der Waals surface area contributed by atoms with Crippen molar-refractivity contribution in [3.8, 4) is 5.69 Å². The Morgan fingerprint density at radius 2 is 1.95 bits per heavy atom. The van der Waals surface area contributed by atoms with Gasteiger partial charge < -0.3 is 10.2 Å². The lowest BCUT2D eigenvalue weighted by molar-refractivity contribution is 0.255. The van der Waals surface area contributed by atoms with Crippen LogP contribution < -0.4 is 5.32 Å². The molecule has 4 rings (SSSR count). The lowest BCUT2D eigenvalue weighted by Gasteiger charge is -2.31. The van der Waals surface area contributed by atoms with E-state index in [9.17, 15) is 0 Å². The molecule has 0 saturated carbocycles. The van der Waals surface area contributed by atoms with Crippen LogP contribution in [-0.4, -0.2) is 45.3 Å². The fourth-order valence-corrected chi connectivity index (χ4v) is 3.41. The Morgan fingerprint density at radius 3 is 2.75 bits per heavy atom. The maximum absolute atomic E-state index is 4.14. The smallest absolute Gasteiger partial charge is 0.138 e. The van der Waals surface area contributed by atoms with E-state index in [1.54, 1.807) is 17.3 Å². The molecule has 1 aromatic heterocycles. The molecule has 3 unspecified atom stereocenters. The molecule has 5 nitrogen and oxygen atoms in total. The fourth-order valence-electron chi connectivity index (χ4n) is 3.41. The van der Waals surface area contributed by atoms with Gasteiger partial charge in [0.25, 0.3) is 0 Å². The third-order valence-electron chi connectivity index (χ3n) is 4.54. The van der Waals surface area contributed by atoms with Gasteiger partial charge in [-0.15, -0.1) is 0 Å². The lowest BCUT2D eigenvalue weighted by atomic mass is 9.94. The first-order valence-corrected chi connectivity index (χ1v) is 7.32. The van der Waals surface area contributed by atoms with E-state index >= 15 is 0 Å². The number of rotatable bonds is 3. The second-order valence-electron chi connectivity index (χ2n) is 5.78. The molecule has 1 aromatic carbocycles. The Labute approximate surface area is 118 Å². The van der Waals surface area contributed by atoms with E-state index in [1.807, 2.05) is 0 Å². The Kier molecular flexibility index (Phi) is 2.92. The van der Waals surface area contributed by atoms with Gasteiger partial charge in [-0.3, -0.25) is 0 Å². The van der Waals surface area contributed by atoms with Crippen LogP contribution in [0, 0.1) is 5.92 Å². The number of nitrogens with zero attached hydrogens (tertiary/aromatic N) is 4. The second-order valence-corrected chi connectivity index (χ2v) is 5.78. The van der Waals surface area contributed by atoms with Crippen molar-refractivity contribution in [1.82, 2.24) is 19.7 Å². The number of anilines is 1. The van der Waals surface area contributed by atoms with E-state index in [1.165, 1.54) is 38.2 Å². The molecule has 104 valence electrons. The van der Waals surface area contributed by atoms with Crippen LogP contribution in [0.3, 0.4) is 0 Å². The van der Waals surface area contributed by atoms with Crippen LogP contribution in [0.5, 0.6) is 0 Å². The van der Waals surface area contributed by atoms with E-state index in [4.69, 9.17) is 0 Å². The van der Waals surface area contributed by atoms with Crippen LogP contribution in [0.1, 0.15) is 12.8 Å². The van der Waals surface area contributed by atoms with Crippen molar-refractivity contribution in [2.45, 2.75) is 18.9 Å². The first-order chi connectivity index (χ1) is 9.88. The summed E-state index contributed by atoms with van der Waals surface area (Å²) in [5, 5.41) is 7.85. The monoisotopic (exact) mass is 269 g/mol. The topological polar surface area (TPSA) is 46.0 Å². The van der Waals surface area contributed by atoms with Crippen molar-refractivity contribution in [1.29, 1.82) is 0 Å². The summed E-state index contributed by atoms with van der Waals surface area (Å²) in [6.45, 7) is 3.80. The molecule has 20 heavy (non-hydrogen) atoms. The molecule has 2 aromatic rings. The maximum atomic E-state index is 4.14. The first kappa shape index (κ1) is 11.9. The molecule has 1 N–H and O–H groups in total. The molecule has 0 radical (unpaired) electrons. The molecule has 2 saturated heterocycles. The number of nitrogens with one attached hydrogen (secondary N) is 1. The minimum Gasteiger partial charge on any atom is -0.382 e. The predicted octanol–water partition coefficient (Wildman–Crippen LogP) is 1.77. The second kappa shape index (κ2) is 4.90. The van der Waals surface area contributed by atoms with Crippen LogP contribution in [0.15, 0.2) is 36.9 Å². The van der Waals surface area contributed by atoms with Gasteiger partial charge in [-0.1, -0.05) is 0 Å². The fraction of sp³-hybridized carbons (Fsp3) is 0.467. The van der Waals surface area contributed by atoms with Crippen LogP contribution in [0.2, 0.25) is 0 Å². The Hall–Kier alpha value is -1.88. The highest BCUT2D eigenvalue weighted by Crippen LogP contribution is 2.29. The van der Waals surface area contributed by atoms with Crippen LogP contribution in [-0.2, 0) is 0 Å². The van der Waals surface area contributed by atoms with E-state index in [-0.39, 0.29) is 0 Å². The third kappa shape index (κ3) is 2.18. The summed E-state index contributed by atoms with van der Waals surface area (Å²) in [5.74, 6) is 0.818. The van der Waals surface area contributed by atoms with Gasteiger partial charge in [-0.25, -0.2) is 9.67 Å². The molecule has 3 atom stereocenters. The van der Waals surface area contributed by atoms with Crippen molar-refractivity contribution in [2.75, 3.05) is 25.0 Å². The number of benzene rings is 1. The number of piperidine rings is 1. The van der Waals surface area contributed by atoms with E-state index in [2.05, 4.69) is 44.6 Å². The van der Waals surface area contributed by atoms with Crippen molar-refractivity contribution in [3.63, 3.8) is 0 Å². The third-order valence-corrected chi connectivity index (χ3v) is 4.54. The van der Waals surface area contributed by atoms with Gasteiger partial charge in [0.15, 0.2) is 0 Å². The Morgan fingerprint density at radius 1 is 1.10 bits per heavy atom. The minimum absolute atomic E-state index is 0.631. The molecule has 2 fully saturated rings. The van der Waals surface area contributed by atoms with Crippen LogP contribution in [0.25, 0.3) is 5.69 Å². The van der Waals surface area contributed by atoms with Gasteiger partial charge in [0.2, 0.25) is 0 Å². The van der Waals surface area contributed by atoms with Gasteiger partial charge in [0.05, 0.1) is 5.69 Å². The quantitative estimate of drug-likeness (QED) is 0.922. The van der Waals surface area contributed by atoms with Crippen molar-refractivity contribution < 1.29 is 0 Å². The highest BCUT2D eigenvalue weighted by molar-refractivity contribution is 5.49. The van der Waals surface area contributed by atoms with Gasteiger partial charge in [0, 0.05) is 24.8 Å². The zero-order valence-electron chi connectivity index (χ0n) is 11.4. The van der Waals surface area contributed by atoms with Crippen LogP contribution >= 0.6 is 0 Å². The highest BCUT2D eigenvalue weighted by atomic mass is 15.3. The highest BCUT2D eigenvalue weighted by Gasteiger charge is 2.33. The summed E-state index contributed by atoms with van der Waals surface area (Å²) in [6.07, 6.45) is 5.88. The standard InChI is InChI=1S/C15H19N5/c1-3-14(20-11-16-10-17-20)4-2-13(1)18-15-6-8-19-7-5-12(15)9-19/h1-4,10-12,15,18H,5-9H2. The molecule has 5 heteroatoms. The predicted molar refractivity (Wildman–Crippen MR) is 77.9 cm³/mol. The molecular formula is C15H19N5. The Bertz CT molecular complexity index is 562. The molecule has 2 aliphatic rings. The van der Waals surface area contributed by atoms with Crippen molar-refractivity contribution in [3.05, 3.63) is 36.9 Å². The van der Waals surface area contributed by atoms with E-state index in [0.29, 0.717) is 6.04 Å². The number of hydrogen-bond donors (Lipinski definition) is 1. The maximum Gasteiger partial charge on any atom is 0.138 e. The summed E-state index contributed by atoms with van der Waals surface area (Å²) in [7, 11) is 0. The zero-order valence-corrected chi connectivity index (χ0v) is 11.4. The largest absolute Gasteiger partial charge is 0.382 e. The van der Waals surface area contributed by atoms with Crippen LogP contribution in [0.4, 0.5) is 5.69 Å². The van der Waals surface area contributed by atoms with Gasteiger partial charge >= 0.3 is 0 Å². The minimum atomic E-state index is 0.631. The lowest BCUT2D eigenvalue weighted by Crippen LogP contribution is -2.39.